The molecule has 0 saturated heterocycles. The molecule has 7 heteroatoms. The molecule has 0 aliphatic carbocycles. The summed E-state index contributed by atoms with van der Waals surface area (Å²) in [7, 11) is 8.22. The van der Waals surface area contributed by atoms with Gasteiger partial charge >= 0.3 is 13.8 Å². The van der Waals surface area contributed by atoms with Gasteiger partial charge in [0.15, 0.2) is 0 Å². The Morgan fingerprint density at radius 1 is 0.537 bits per heavy atom. The molecule has 0 amide bonds. The molecule has 41 heavy (non-hydrogen) atoms. The van der Waals surface area contributed by atoms with Gasteiger partial charge in [0, 0.05) is 26.3 Å². The van der Waals surface area contributed by atoms with E-state index < -0.39 is 0 Å². The maximum absolute atomic E-state index is 6.42. The van der Waals surface area contributed by atoms with Crippen molar-refractivity contribution in [1.82, 2.24) is 9.80 Å². The topological polar surface area (TPSA) is 34.2 Å². The second kappa shape index (κ2) is 15.0. The summed E-state index contributed by atoms with van der Waals surface area (Å²) >= 11 is 0. The van der Waals surface area contributed by atoms with Gasteiger partial charge in [-0.1, -0.05) is 85.2 Å². The Balaban J connectivity index is 1.44. The zero-order valence-corrected chi connectivity index (χ0v) is 25.3. The number of aryl methyl sites for hydroxylation is 1. The molecule has 4 rings (SSSR count). The fraction of sp³-hybridized carbons (Fsp3) is 0.294. The van der Waals surface area contributed by atoms with E-state index in [0.29, 0.717) is 13.2 Å². The predicted octanol–water partition coefficient (Wildman–Crippen LogP) is 4.54. The Hall–Kier alpha value is -3.35. The van der Waals surface area contributed by atoms with Crippen LogP contribution < -0.4 is 21.1 Å². The van der Waals surface area contributed by atoms with Crippen molar-refractivity contribution < 1.29 is 14.0 Å². The lowest BCUT2D eigenvalue weighted by molar-refractivity contribution is 0.267. The van der Waals surface area contributed by atoms with Crippen molar-refractivity contribution in [2.45, 2.75) is 13.7 Å². The quantitative estimate of drug-likeness (QED) is 0.216. The lowest BCUT2D eigenvalue weighted by Crippen LogP contribution is -2.46. The van der Waals surface area contributed by atoms with E-state index in [0.717, 1.165) is 41.0 Å². The molecule has 0 heterocycles. The summed E-state index contributed by atoms with van der Waals surface area (Å²) in [5.74, 6) is 1.59. The molecule has 0 fully saturated rings. The van der Waals surface area contributed by atoms with Crippen molar-refractivity contribution in [2.75, 3.05) is 54.5 Å². The third-order valence-corrected chi connectivity index (χ3v) is 7.10. The Morgan fingerprint density at radius 3 is 1.44 bits per heavy atom. The summed E-state index contributed by atoms with van der Waals surface area (Å²) in [4.78, 5) is 4.26. The standard InChI is InChI=1S/C34H42B2N2O3/c1-27-7-9-28(10-8-27)29-11-13-31(14-12-29)36(40-26-24-38(5)6)32-17-21-34(22-18-32)41-33-19-15-30(16-20-33)35(2)39-25-23-37(3)4/h7-22H,23-26H2,1-6H3. The van der Waals surface area contributed by atoms with E-state index in [1.165, 1.54) is 16.7 Å². The van der Waals surface area contributed by atoms with E-state index in [-0.39, 0.29) is 13.8 Å². The van der Waals surface area contributed by atoms with E-state index in [1.807, 2.05) is 24.3 Å². The van der Waals surface area contributed by atoms with E-state index >= 15 is 0 Å². The summed E-state index contributed by atoms with van der Waals surface area (Å²) in [5.41, 5.74) is 7.04. The molecule has 0 saturated carbocycles. The number of nitrogens with zero attached hydrogens (tertiary/aromatic N) is 2. The lowest BCUT2D eigenvalue weighted by Gasteiger charge is -2.18. The minimum Gasteiger partial charge on any atom is -0.457 e. The normalized spacial score (nSPS) is 11.2. The van der Waals surface area contributed by atoms with E-state index in [4.69, 9.17) is 14.0 Å². The van der Waals surface area contributed by atoms with Crippen molar-refractivity contribution in [2.24, 2.45) is 0 Å². The van der Waals surface area contributed by atoms with E-state index in [2.05, 4.69) is 125 Å². The summed E-state index contributed by atoms with van der Waals surface area (Å²) in [6, 6.07) is 33.7. The summed E-state index contributed by atoms with van der Waals surface area (Å²) < 4.78 is 18.5. The van der Waals surface area contributed by atoms with Gasteiger partial charge in [-0.15, -0.1) is 0 Å². The minimum atomic E-state index is -0.163. The third kappa shape index (κ3) is 9.34. The third-order valence-electron chi connectivity index (χ3n) is 7.10. The number of benzene rings is 4. The number of ether oxygens (including phenoxy) is 1. The number of hydrogen-bond donors (Lipinski definition) is 0. The zero-order chi connectivity index (χ0) is 29.2. The van der Waals surface area contributed by atoms with Crippen molar-refractivity contribution in [3.05, 3.63) is 103 Å². The van der Waals surface area contributed by atoms with Crippen molar-refractivity contribution in [3.8, 4) is 22.6 Å². The average molecular weight is 548 g/mol. The Kier molecular flexibility index (Phi) is 11.2. The van der Waals surface area contributed by atoms with Crippen LogP contribution in [-0.2, 0) is 9.31 Å². The average Bonchev–Trinajstić information content (AvgIpc) is 2.96. The monoisotopic (exact) mass is 548 g/mol. The highest BCUT2D eigenvalue weighted by Gasteiger charge is 2.22. The zero-order valence-electron chi connectivity index (χ0n) is 25.3. The molecule has 0 aromatic heterocycles. The van der Waals surface area contributed by atoms with Crippen LogP contribution in [0.1, 0.15) is 5.56 Å². The predicted molar refractivity (Wildman–Crippen MR) is 175 cm³/mol. The lowest BCUT2D eigenvalue weighted by atomic mass is 9.55. The SMILES string of the molecule is CB(OCCN(C)C)c1ccc(Oc2ccc(B(OCCN(C)C)c3ccc(-c4ccc(C)cc4)cc3)cc2)cc1. The first-order chi connectivity index (χ1) is 19.8. The van der Waals surface area contributed by atoms with Crippen LogP contribution in [0.15, 0.2) is 97.1 Å². The second-order valence-electron chi connectivity index (χ2n) is 11.1. The molecule has 0 bridgehead atoms. The van der Waals surface area contributed by atoms with Gasteiger partial charge in [0.25, 0.3) is 0 Å². The van der Waals surface area contributed by atoms with Gasteiger partial charge in [-0.3, -0.25) is 0 Å². The summed E-state index contributed by atoms with van der Waals surface area (Å²) in [6.07, 6.45) is 0. The summed E-state index contributed by atoms with van der Waals surface area (Å²) in [6.45, 7) is 7.17. The second-order valence-corrected chi connectivity index (χ2v) is 11.1. The highest BCUT2D eigenvalue weighted by Crippen LogP contribution is 2.21. The largest absolute Gasteiger partial charge is 0.457 e. The van der Waals surface area contributed by atoms with E-state index in [1.54, 1.807) is 0 Å². The Bertz CT molecular complexity index is 1330. The van der Waals surface area contributed by atoms with Gasteiger partial charge in [-0.25, -0.2) is 0 Å². The highest BCUT2D eigenvalue weighted by atomic mass is 16.5. The molecule has 212 valence electrons. The molecule has 4 aromatic rings. The molecule has 4 aromatic carbocycles. The first kappa shape index (κ1) is 30.6. The highest BCUT2D eigenvalue weighted by molar-refractivity contribution is 6.80. The van der Waals surface area contributed by atoms with Crippen molar-refractivity contribution in [1.29, 1.82) is 0 Å². The van der Waals surface area contributed by atoms with Gasteiger partial charge in [0.2, 0.25) is 0 Å². The maximum Gasteiger partial charge on any atom is 0.361 e. The van der Waals surface area contributed by atoms with Crippen LogP contribution in [0.2, 0.25) is 6.82 Å². The van der Waals surface area contributed by atoms with Gasteiger partial charge in [-0.2, -0.15) is 0 Å². The smallest absolute Gasteiger partial charge is 0.361 e. The van der Waals surface area contributed by atoms with Gasteiger partial charge in [-0.05, 0) is 86.9 Å². The molecule has 0 spiro atoms. The number of rotatable bonds is 14. The van der Waals surface area contributed by atoms with Gasteiger partial charge in [0.05, 0.1) is 0 Å². The van der Waals surface area contributed by atoms with E-state index in [9.17, 15) is 0 Å². The van der Waals surface area contributed by atoms with Crippen LogP contribution >= 0.6 is 0 Å². The maximum atomic E-state index is 6.42. The van der Waals surface area contributed by atoms with Crippen LogP contribution in [0.3, 0.4) is 0 Å². The summed E-state index contributed by atoms with van der Waals surface area (Å²) in [5, 5.41) is 0. The molecule has 0 aliphatic heterocycles. The van der Waals surface area contributed by atoms with Gasteiger partial charge in [0.1, 0.15) is 11.5 Å². The number of likely N-dealkylation sites (N-methyl/N-ethyl adjacent to an activating group) is 2. The van der Waals surface area contributed by atoms with Crippen molar-refractivity contribution >= 4 is 30.2 Å². The Labute approximate surface area is 247 Å². The molecule has 0 aliphatic rings. The number of hydrogen-bond acceptors (Lipinski definition) is 5. The van der Waals surface area contributed by atoms with Crippen LogP contribution in [-0.4, -0.2) is 78.1 Å². The van der Waals surface area contributed by atoms with Crippen LogP contribution in [0.25, 0.3) is 11.1 Å². The molecular weight excluding hydrogens is 506 g/mol. The molecule has 5 nitrogen and oxygen atoms in total. The molecule has 0 radical (unpaired) electrons. The first-order valence-corrected chi connectivity index (χ1v) is 14.4. The van der Waals surface area contributed by atoms with Crippen molar-refractivity contribution in [3.63, 3.8) is 0 Å². The van der Waals surface area contributed by atoms with Crippen LogP contribution in [0.5, 0.6) is 11.5 Å². The minimum absolute atomic E-state index is 0.0404. The van der Waals surface area contributed by atoms with Gasteiger partial charge < -0.3 is 23.8 Å². The van der Waals surface area contributed by atoms with Crippen LogP contribution in [0.4, 0.5) is 0 Å². The Morgan fingerprint density at radius 2 is 0.951 bits per heavy atom. The fourth-order valence-electron chi connectivity index (χ4n) is 4.50. The molecule has 0 N–H and O–H groups in total. The fourth-order valence-corrected chi connectivity index (χ4v) is 4.50. The molecular formula is C34H42B2N2O3. The molecule has 0 unspecified atom stereocenters. The molecule has 0 atom stereocenters. The van der Waals surface area contributed by atoms with Crippen LogP contribution in [0, 0.1) is 6.92 Å². The first-order valence-electron chi connectivity index (χ1n) is 14.4.